The summed E-state index contributed by atoms with van der Waals surface area (Å²) in [6.45, 7) is 7.34. The molecule has 0 saturated carbocycles. The van der Waals surface area contributed by atoms with Crippen molar-refractivity contribution in [3.05, 3.63) is 12.2 Å². The van der Waals surface area contributed by atoms with Gasteiger partial charge in [0.25, 0.3) is 0 Å². The van der Waals surface area contributed by atoms with Gasteiger partial charge in [0.15, 0.2) is 0 Å². The molecular formula is C12H20O5. The summed E-state index contributed by atoms with van der Waals surface area (Å²) < 4.78 is 14.7. The lowest BCUT2D eigenvalue weighted by atomic mass is 10.3. The molecule has 0 N–H and O–H groups in total. The standard InChI is InChI=1S/C12H20O5/c1-9(2)12(14)16-7-5-6-11(13)17-10(3)8-15-4/h10H,1,5-8H2,2-4H3. The number of ether oxygens (including phenoxy) is 3. The SMILES string of the molecule is C=C(C)C(=O)OCCCC(=O)OC(C)COC. The Morgan fingerprint density at radius 2 is 2.00 bits per heavy atom. The van der Waals surface area contributed by atoms with Gasteiger partial charge in [0, 0.05) is 19.1 Å². The van der Waals surface area contributed by atoms with E-state index in [1.54, 1.807) is 21.0 Å². The first kappa shape index (κ1) is 15.6. The summed E-state index contributed by atoms with van der Waals surface area (Å²) >= 11 is 0. The Labute approximate surface area is 102 Å². The topological polar surface area (TPSA) is 61.8 Å². The second-order valence-electron chi connectivity index (χ2n) is 3.78. The number of carbonyl (C=O) groups is 2. The quantitative estimate of drug-likeness (QED) is 0.367. The second-order valence-corrected chi connectivity index (χ2v) is 3.78. The van der Waals surface area contributed by atoms with Crippen molar-refractivity contribution in [3.63, 3.8) is 0 Å². The Balaban J connectivity index is 3.58. The lowest BCUT2D eigenvalue weighted by Crippen LogP contribution is -2.19. The van der Waals surface area contributed by atoms with Crippen LogP contribution in [0, 0.1) is 0 Å². The maximum absolute atomic E-state index is 11.3. The average Bonchev–Trinajstić information content (AvgIpc) is 2.24. The van der Waals surface area contributed by atoms with Gasteiger partial charge in [0.2, 0.25) is 0 Å². The molecule has 0 aromatic carbocycles. The molecule has 0 aromatic rings. The largest absolute Gasteiger partial charge is 0.462 e. The summed E-state index contributed by atoms with van der Waals surface area (Å²) in [7, 11) is 1.54. The zero-order chi connectivity index (χ0) is 13.3. The van der Waals surface area contributed by atoms with E-state index in [0.29, 0.717) is 18.6 Å². The van der Waals surface area contributed by atoms with Crippen molar-refractivity contribution in [3.8, 4) is 0 Å². The first-order valence-electron chi connectivity index (χ1n) is 5.48. The zero-order valence-corrected chi connectivity index (χ0v) is 10.7. The van der Waals surface area contributed by atoms with Crippen LogP contribution < -0.4 is 0 Å². The molecule has 0 aliphatic rings. The predicted molar refractivity (Wildman–Crippen MR) is 62.4 cm³/mol. The second kappa shape index (κ2) is 8.75. The van der Waals surface area contributed by atoms with Gasteiger partial charge in [-0.15, -0.1) is 0 Å². The number of carbonyl (C=O) groups excluding carboxylic acids is 2. The van der Waals surface area contributed by atoms with Gasteiger partial charge >= 0.3 is 11.9 Å². The molecule has 0 rings (SSSR count). The third-order valence-corrected chi connectivity index (χ3v) is 1.84. The fraction of sp³-hybridized carbons (Fsp3) is 0.667. The van der Waals surface area contributed by atoms with Crippen LogP contribution in [0.25, 0.3) is 0 Å². The van der Waals surface area contributed by atoms with E-state index in [0.717, 1.165) is 0 Å². The molecule has 0 heterocycles. The summed E-state index contributed by atoms with van der Waals surface area (Å²) in [6, 6.07) is 0. The van der Waals surface area contributed by atoms with E-state index in [-0.39, 0.29) is 25.1 Å². The zero-order valence-electron chi connectivity index (χ0n) is 10.7. The van der Waals surface area contributed by atoms with E-state index in [1.807, 2.05) is 0 Å². The minimum absolute atomic E-state index is 0.194. The Morgan fingerprint density at radius 3 is 2.53 bits per heavy atom. The Morgan fingerprint density at radius 1 is 1.35 bits per heavy atom. The molecule has 5 nitrogen and oxygen atoms in total. The van der Waals surface area contributed by atoms with Crippen molar-refractivity contribution < 1.29 is 23.8 Å². The van der Waals surface area contributed by atoms with Crippen molar-refractivity contribution in [2.45, 2.75) is 32.8 Å². The fourth-order valence-corrected chi connectivity index (χ4v) is 1.06. The average molecular weight is 244 g/mol. The van der Waals surface area contributed by atoms with Gasteiger partial charge < -0.3 is 14.2 Å². The van der Waals surface area contributed by atoms with E-state index in [1.165, 1.54) is 0 Å². The molecule has 5 heteroatoms. The van der Waals surface area contributed by atoms with Crippen LogP contribution in [0.15, 0.2) is 12.2 Å². The molecule has 0 bridgehead atoms. The van der Waals surface area contributed by atoms with Crippen molar-refractivity contribution in [2.75, 3.05) is 20.3 Å². The molecular weight excluding hydrogens is 224 g/mol. The Bertz CT molecular complexity index is 272. The number of hydrogen-bond acceptors (Lipinski definition) is 5. The maximum atomic E-state index is 11.3. The van der Waals surface area contributed by atoms with Gasteiger partial charge in [-0.3, -0.25) is 4.79 Å². The summed E-state index contributed by atoms with van der Waals surface area (Å²) in [5, 5.41) is 0. The molecule has 17 heavy (non-hydrogen) atoms. The lowest BCUT2D eigenvalue weighted by Gasteiger charge is -2.11. The van der Waals surface area contributed by atoms with Crippen LogP contribution in [0.1, 0.15) is 26.7 Å². The molecule has 1 atom stereocenters. The van der Waals surface area contributed by atoms with Crippen LogP contribution in [0.4, 0.5) is 0 Å². The van der Waals surface area contributed by atoms with Crippen molar-refractivity contribution in [1.82, 2.24) is 0 Å². The monoisotopic (exact) mass is 244 g/mol. The maximum Gasteiger partial charge on any atom is 0.333 e. The highest BCUT2D eigenvalue weighted by Crippen LogP contribution is 2.00. The highest BCUT2D eigenvalue weighted by Gasteiger charge is 2.09. The van der Waals surface area contributed by atoms with Crippen LogP contribution in [0.5, 0.6) is 0 Å². The van der Waals surface area contributed by atoms with E-state index in [2.05, 4.69) is 6.58 Å². The third kappa shape index (κ3) is 8.45. The van der Waals surface area contributed by atoms with Gasteiger partial charge in [0.1, 0.15) is 6.10 Å². The van der Waals surface area contributed by atoms with Crippen LogP contribution in [0.3, 0.4) is 0 Å². The van der Waals surface area contributed by atoms with Gasteiger partial charge in [0.05, 0.1) is 13.2 Å². The summed E-state index contributed by atoms with van der Waals surface area (Å²) in [4.78, 5) is 22.3. The number of rotatable bonds is 8. The molecule has 0 amide bonds. The number of methoxy groups -OCH3 is 1. The Kier molecular flexibility index (Phi) is 8.05. The number of hydrogen-bond donors (Lipinski definition) is 0. The molecule has 0 aromatic heterocycles. The fourth-order valence-electron chi connectivity index (χ4n) is 1.06. The molecule has 0 aliphatic heterocycles. The van der Waals surface area contributed by atoms with Gasteiger partial charge in [-0.2, -0.15) is 0 Å². The Hall–Kier alpha value is -1.36. The van der Waals surface area contributed by atoms with Crippen LogP contribution in [-0.4, -0.2) is 38.4 Å². The third-order valence-electron chi connectivity index (χ3n) is 1.84. The summed E-state index contributed by atoms with van der Waals surface area (Å²) in [6.07, 6.45) is 0.403. The first-order valence-corrected chi connectivity index (χ1v) is 5.48. The molecule has 1 unspecified atom stereocenters. The van der Waals surface area contributed by atoms with Crippen molar-refractivity contribution in [1.29, 1.82) is 0 Å². The minimum Gasteiger partial charge on any atom is -0.462 e. The highest BCUT2D eigenvalue weighted by atomic mass is 16.6. The predicted octanol–water partition coefficient (Wildman–Crippen LogP) is 1.46. The van der Waals surface area contributed by atoms with Crippen LogP contribution >= 0.6 is 0 Å². The van der Waals surface area contributed by atoms with Crippen LogP contribution in [-0.2, 0) is 23.8 Å². The molecule has 0 saturated heterocycles. The summed E-state index contributed by atoms with van der Waals surface area (Å²) in [5.41, 5.74) is 0.348. The number of esters is 2. The molecule has 0 fully saturated rings. The van der Waals surface area contributed by atoms with E-state index in [9.17, 15) is 9.59 Å². The molecule has 98 valence electrons. The van der Waals surface area contributed by atoms with Crippen molar-refractivity contribution in [2.24, 2.45) is 0 Å². The highest BCUT2D eigenvalue weighted by molar-refractivity contribution is 5.86. The van der Waals surface area contributed by atoms with Gasteiger partial charge in [-0.1, -0.05) is 6.58 Å². The van der Waals surface area contributed by atoms with E-state index >= 15 is 0 Å². The van der Waals surface area contributed by atoms with E-state index in [4.69, 9.17) is 14.2 Å². The molecule has 0 radical (unpaired) electrons. The van der Waals surface area contributed by atoms with Crippen molar-refractivity contribution >= 4 is 11.9 Å². The summed E-state index contributed by atoms with van der Waals surface area (Å²) in [5.74, 6) is -0.757. The molecule has 0 aliphatic carbocycles. The minimum atomic E-state index is -0.439. The molecule has 0 spiro atoms. The first-order chi connectivity index (χ1) is 7.97. The lowest BCUT2D eigenvalue weighted by molar-refractivity contribution is -0.151. The van der Waals surface area contributed by atoms with Gasteiger partial charge in [-0.25, -0.2) is 4.79 Å². The normalized spacial score (nSPS) is 11.7. The van der Waals surface area contributed by atoms with E-state index < -0.39 is 5.97 Å². The van der Waals surface area contributed by atoms with Crippen LogP contribution in [0.2, 0.25) is 0 Å². The smallest absolute Gasteiger partial charge is 0.333 e. The van der Waals surface area contributed by atoms with Gasteiger partial charge in [-0.05, 0) is 20.3 Å².